The van der Waals surface area contributed by atoms with Crippen LogP contribution < -0.4 is 0 Å². The molecule has 32 heavy (non-hydrogen) atoms. The third kappa shape index (κ3) is 3.47. The third-order valence-corrected chi connectivity index (χ3v) is 10.7. The molecule has 0 aromatic carbocycles. The molecule has 3 fully saturated rings. The summed E-state index contributed by atoms with van der Waals surface area (Å²) in [6.07, 6.45) is 5.78. The van der Waals surface area contributed by atoms with E-state index in [1.165, 1.54) is 5.57 Å². The standard InChI is InChI=1S/C26H38O5S/c1-23(2,3)22(30)32-14-20(29)26(31)11-9-18-17-7-6-15-12-16(27)8-10-24(15,4)21(17)19(28)13-25(18,26)5/h12,17-19,21,28,31H,6-11,13-14H2,1-5H3/t17-,18+,19-,21+,24-,25+,26-/m0/s1. The highest BCUT2D eigenvalue weighted by molar-refractivity contribution is 8.14. The van der Waals surface area contributed by atoms with Crippen molar-refractivity contribution in [1.29, 1.82) is 0 Å². The van der Waals surface area contributed by atoms with Crippen LogP contribution in [0.4, 0.5) is 0 Å². The number of Topliss-reactive ketones (excluding diaryl/α,β-unsaturated/α-hetero) is 1. The molecule has 0 aromatic heterocycles. The predicted octanol–water partition coefficient (Wildman–Crippen LogP) is 4.10. The zero-order valence-corrected chi connectivity index (χ0v) is 20.9. The SMILES string of the molecule is CC(C)(C)C(=O)SCC(=O)[C@@]1(O)CC[C@@H]2[C@@H]3CCC4=CC(=O)CC[C@]4(C)[C@H]3[C@@H](O)C[C@]21C. The topological polar surface area (TPSA) is 91.7 Å². The summed E-state index contributed by atoms with van der Waals surface area (Å²) in [7, 11) is 0. The minimum absolute atomic E-state index is 0.0220. The first-order chi connectivity index (χ1) is 14.7. The van der Waals surface area contributed by atoms with Gasteiger partial charge in [-0.2, -0.15) is 0 Å². The molecule has 178 valence electrons. The number of fused-ring (bicyclic) bond motifs is 5. The molecule has 4 aliphatic carbocycles. The molecule has 0 spiro atoms. The van der Waals surface area contributed by atoms with Gasteiger partial charge in [-0.3, -0.25) is 14.4 Å². The van der Waals surface area contributed by atoms with Crippen molar-refractivity contribution in [1.82, 2.24) is 0 Å². The van der Waals surface area contributed by atoms with Gasteiger partial charge in [-0.1, -0.05) is 52.0 Å². The Morgan fingerprint density at radius 2 is 1.84 bits per heavy atom. The van der Waals surface area contributed by atoms with Gasteiger partial charge in [0, 0.05) is 17.3 Å². The first-order valence-corrected chi connectivity index (χ1v) is 13.1. The lowest BCUT2D eigenvalue weighted by atomic mass is 9.45. The van der Waals surface area contributed by atoms with Gasteiger partial charge in [-0.15, -0.1) is 0 Å². The third-order valence-electron chi connectivity index (χ3n) is 9.46. The Morgan fingerprint density at radius 3 is 2.50 bits per heavy atom. The summed E-state index contributed by atoms with van der Waals surface area (Å²) in [4.78, 5) is 37.7. The number of allylic oxidation sites excluding steroid dienone is 1. The molecular formula is C26H38O5S. The summed E-state index contributed by atoms with van der Waals surface area (Å²) in [5.74, 6) is 0.332. The Labute approximate surface area is 195 Å². The number of carbonyl (C=O) groups is 3. The summed E-state index contributed by atoms with van der Waals surface area (Å²) in [5, 5.41) is 23.1. The number of rotatable bonds is 3. The predicted molar refractivity (Wildman–Crippen MR) is 125 cm³/mol. The van der Waals surface area contributed by atoms with Crippen LogP contribution in [0.15, 0.2) is 11.6 Å². The van der Waals surface area contributed by atoms with Gasteiger partial charge < -0.3 is 10.2 Å². The van der Waals surface area contributed by atoms with Crippen LogP contribution in [0.2, 0.25) is 0 Å². The molecule has 0 unspecified atom stereocenters. The van der Waals surface area contributed by atoms with Crippen molar-refractivity contribution in [2.75, 3.05) is 5.75 Å². The van der Waals surface area contributed by atoms with E-state index in [0.29, 0.717) is 19.3 Å². The number of thioether (sulfide) groups is 1. The van der Waals surface area contributed by atoms with E-state index in [2.05, 4.69) is 6.92 Å². The molecule has 7 atom stereocenters. The Bertz CT molecular complexity index is 872. The number of hydrogen-bond donors (Lipinski definition) is 2. The largest absolute Gasteiger partial charge is 0.393 e. The fourth-order valence-electron chi connectivity index (χ4n) is 7.62. The van der Waals surface area contributed by atoms with Gasteiger partial charge in [0.05, 0.1) is 11.9 Å². The number of hydrogen-bond acceptors (Lipinski definition) is 6. The van der Waals surface area contributed by atoms with E-state index < -0.39 is 22.5 Å². The molecule has 4 aliphatic rings. The molecular weight excluding hydrogens is 424 g/mol. The van der Waals surface area contributed by atoms with Crippen molar-refractivity contribution < 1.29 is 24.6 Å². The van der Waals surface area contributed by atoms with Crippen LogP contribution in [0, 0.1) is 34.0 Å². The molecule has 0 saturated heterocycles. The molecule has 6 heteroatoms. The van der Waals surface area contributed by atoms with Crippen LogP contribution in [0.5, 0.6) is 0 Å². The normalized spacial score (nSPS) is 43.7. The maximum absolute atomic E-state index is 13.3. The van der Waals surface area contributed by atoms with Crippen molar-refractivity contribution in [2.45, 2.75) is 91.3 Å². The van der Waals surface area contributed by atoms with E-state index in [1.54, 1.807) is 0 Å². The lowest BCUT2D eigenvalue weighted by Gasteiger charge is -2.60. The van der Waals surface area contributed by atoms with Crippen molar-refractivity contribution in [3.63, 3.8) is 0 Å². The van der Waals surface area contributed by atoms with Crippen LogP contribution in [0.3, 0.4) is 0 Å². The van der Waals surface area contributed by atoms with Gasteiger partial charge in [0.1, 0.15) is 5.60 Å². The van der Waals surface area contributed by atoms with E-state index >= 15 is 0 Å². The minimum Gasteiger partial charge on any atom is -0.393 e. The van der Waals surface area contributed by atoms with Gasteiger partial charge >= 0.3 is 0 Å². The lowest BCUT2D eigenvalue weighted by Crippen LogP contribution is -2.62. The second-order valence-corrected chi connectivity index (χ2v) is 13.2. The maximum Gasteiger partial charge on any atom is 0.194 e. The van der Waals surface area contributed by atoms with E-state index in [-0.39, 0.29) is 45.6 Å². The summed E-state index contributed by atoms with van der Waals surface area (Å²) in [6.45, 7) is 9.68. The number of aliphatic hydroxyl groups is 2. The van der Waals surface area contributed by atoms with Gasteiger partial charge in [0.15, 0.2) is 16.7 Å². The maximum atomic E-state index is 13.3. The monoisotopic (exact) mass is 462 g/mol. The minimum atomic E-state index is -1.51. The van der Waals surface area contributed by atoms with Crippen molar-refractivity contribution in [3.8, 4) is 0 Å². The highest BCUT2D eigenvalue weighted by atomic mass is 32.2. The Balaban J connectivity index is 1.59. The Hall–Kier alpha value is -0.980. The zero-order valence-electron chi connectivity index (χ0n) is 20.1. The quantitative estimate of drug-likeness (QED) is 0.656. The van der Waals surface area contributed by atoms with E-state index in [9.17, 15) is 24.6 Å². The molecule has 0 aromatic rings. The van der Waals surface area contributed by atoms with E-state index in [0.717, 1.165) is 37.4 Å². The van der Waals surface area contributed by atoms with Gasteiger partial charge in [-0.05, 0) is 67.8 Å². The Kier molecular flexibility index (Phi) is 5.87. The second kappa shape index (κ2) is 7.78. The molecule has 0 radical (unpaired) electrons. The van der Waals surface area contributed by atoms with Crippen LogP contribution >= 0.6 is 11.8 Å². The Morgan fingerprint density at radius 1 is 1.16 bits per heavy atom. The zero-order chi connectivity index (χ0) is 23.7. The van der Waals surface area contributed by atoms with Crippen LogP contribution in [0.1, 0.15) is 79.6 Å². The van der Waals surface area contributed by atoms with Crippen molar-refractivity contribution in [2.24, 2.45) is 34.0 Å². The smallest absolute Gasteiger partial charge is 0.194 e. The average Bonchev–Trinajstić information content (AvgIpc) is 2.97. The van der Waals surface area contributed by atoms with E-state index in [1.807, 2.05) is 33.8 Å². The fraction of sp³-hybridized carbons (Fsp3) is 0.808. The number of ketones is 2. The molecule has 0 amide bonds. The van der Waals surface area contributed by atoms with Gasteiger partial charge in [-0.25, -0.2) is 0 Å². The van der Waals surface area contributed by atoms with Crippen molar-refractivity contribution >= 4 is 28.4 Å². The summed E-state index contributed by atoms with van der Waals surface area (Å²) >= 11 is 1.00. The molecule has 0 aliphatic heterocycles. The molecule has 3 saturated carbocycles. The molecule has 2 N–H and O–H groups in total. The summed E-state index contributed by atoms with van der Waals surface area (Å²) in [5.41, 5.74) is -1.74. The number of carbonyl (C=O) groups excluding carboxylic acids is 3. The van der Waals surface area contributed by atoms with Crippen LogP contribution in [-0.2, 0) is 14.4 Å². The second-order valence-electron chi connectivity index (χ2n) is 12.2. The molecule has 5 nitrogen and oxygen atoms in total. The van der Waals surface area contributed by atoms with Gasteiger partial charge in [0.25, 0.3) is 0 Å². The molecule has 4 rings (SSSR count). The van der Waals surface area contributed by atoms with Gasteiger partial charge in [0.2, 0.25) is 0 Å². The number of aliphatic hydroxyl groups excluding tert-OH is 1. The summed E-state index contributed by atoms with van der Waals surface area (Å²) in [6, 6.07) is 0. The van der Waals surface area contributed by atoms with Crippen molar-refractivity contribution in [3.05, 3.63) is 11.6 Å². The average molecular weight is 463 g/mol. The van der Waals surface area contributed by atoms with Crippen LogP contribution in [-0.4, -0.2) is 44.4 Å². The highest BCUT2D eigenvalue weighted by Crippen LogP contribution is 2.67. The summed E-state index contributed by atoms with van der Waals surface area (Å²) < 4.78 is 0. The van der Waals surface area contributed by atoms with E-state index in [4.69, 9.17) is 0 Å². The lowest BCUT2D eigenvalue weighted by molar-refractivity contribution is -0.178. The first kappa shape index (κ1) is 24.2. The molecule has 0 heterocycles. The first-order valence-electron chi connectivity index (χ1n) is 12.1. The van der Waals surface area contributed by atoms with Crippen LogP contribution in [0.25, 0.3) is 0 Å². The fourth-order valence-corrected chi connectivity index (χ4v) is 8.55. The highest BCUT2D eigenvalue weighted by Gasteiger charge is 2.68. The molecule has 0 bridgehead atoms.